The number of hydrogen-bond donors (Lipinski definition) is 1. The van der Waals surface area contributed by atoms with Crippen molar-refractivity contribution in [1.82, 2.24) is 9.78 Å². The molecule has 1 heterocycles. The topological polar surface area (TPSA) is 29.9 Å². The smallest absolute Gasteiger partial charge is 0.0868 e. The molecule has 21 heavy (non-hydrogen) atoms. The Morgan fingerprint density at radius 1 is 1.29 bits per heavy atom. The molecule has 0 aliphatic carbocycles. The summed E-state index contributed by atoms with van der Waals surface area (Å²) in [5, 5.41) is 8.70. The number of benzene rings is 1. The second kappa shape index (κ2) is 7.19. The minimum Gasteiger partial charge on any atom is -0.379 e. The number of aryl methyl sites for hydroxylation is 2. The second-order valence-corrected chi connectivity index (χ2v) is 5.97. The maximum absolute atomic E-state index is 6.43. The molecule has 114 valence electrons. The lowest BCUT2D eigenvalue weighted by Crippen LogP contribution is -2.09. The van der Waals surface area contributed by atoms with Crippen molar-refractivity contribution < 1.29 is 0 Å². The minimum absolute atomic E-state index is 0.0357. The minimum atomic E-state index is -0.0357. The van der Waals surface area contributed by atoms with Gasteiger partial charge in [0.2, 0.25) is 0 Å². The van der Waals surface area contributed by atoms with Gasteiger partial charge in [-0.05, 0) is 31.9 Å². The molecule has 1 aromatic carbocycles. The molecule has 1 N–H and O–H groups in total. The number of para-hydroxylation sites is 1. The summed E-state index contributed by atoms with van der Waals surface area (Å²) in [6, 6.07) is 8.07. The Hall–Kier alpha value is -1.19. The van der Waals surface area contributed by atoms with Crippen LogP contribution in [0.25, 0.3) is 0 Å². The average molecular weight is 326 g/mol. The van der Waals surface area contributed by atoms with Gasteiger partial charge < -0.3 is 5.32 Å². The van der Waals surface area contributed by atoms with Crippen molar-refractivity contribution in [2.45, 2.75) is 45.7 Å². The van der Waals surface area contributed by atoms with Crippen molar-refractivity contribution in [2.75, 3.05) is 5.32 Å². The highest BCUT2D eigenvalue weighted by Gasteiger charge is 2.15. The molecule has 0 fully saturated rings. The van der Waals surface area contributed by atoms with E-state index < -0.39 is 0 Å². The monoisotopic (exact) mass is 325 g/mol. The summed E-state index contributed by atoms with van der Waals surface area (Å²) in [5.41, 5.74) is 4.11. The highest BCUT2D eigenvalue weighted by molar-refractivity contribution is 6.31. The summed E-state index contributed by atoms with van der Waals surface area (Å²) in [5.74, 6) is 0. The predicted molar refractivity (Wildman–Crippen MR) is 90.3 cm³/mol. The van der Waals surface area contributed by atoms with Gasteiger partial charge in [-0.15, -0.1) is 11.6 Å². The second-order valence-electron chi connectivity index (χ2n) is 4.93. The number of rotatable bonds is 6. The van der Waals surface area contributed by atoms with E-state index in [4.69, 9.17) is 23.2 Å². The summed E-state index contributed by atoms with van der Waals surface area (Å²) >= 11 is 12.7. The summed E-state index contributed by atoms with van der Waals surface area (Å²) in [6.07, 6.45) is 0.841. The van der Waals surface area contributed by atoms with Crippen LogP contribution >= 0.6 is 23.2 Å². The number of nitrogens with one attached hydrogen (secondary N) is 1. The van der Waals surface area contributed by atoms with E-state index in [1.54, 1.807) is 0 Å². The van der Waals surface area contributed by atoms with Crippen molar-refractivity contribution in [3.8, 4) is 0 Å². The molecule has 0 aliphatic rings. The molecule has 0 saturated carbocycles. The van der Waals surface area contributed by atoms with E-state index in [9.17, 15) is 0 Å². The van der Waals surface area contributed by atoms with Crippen LogP contribution in [0.15, 0.2) is 24.3 Å². The number of nitrogens with zero attached hydrogens (tertiary/aromatic N) is 2. The van der Waals surface area contributed by atoms with Gasteiger partial charge in [-0.2, -0.15) is 5.10 Å². The molecule has 0 spiro atoms. The highest BCUT2D eigenvalue weighted by Crippen LogP contribution is 2.28. The van der Waals surface area contributed by atoms with Gasteiger partial charge in [0.15, 0.2) is 0 Å². The number of aromatic nitrogens is 2. The van der Waals surface area contributed by atoms with Crippen LogP contribution in [0, 0.1) is 0 Å². The van der Waals surface area contributed by atoms with Crippen LogP contribution < -0.4 is 5.32 Å². The van der Waals surface area contributed by atoms with Gasteiger partial charge in [-0.1, -0.05) is 36.7 Å². The van der Waals surface area contributed by atoms with Crippen LogP contribution in [0.5, 0.6) is 0 Å². The summed E-state index contributed by atoms with van der Waals surface area (Å²) in [6.45, 7) is 7.56. The van der Waals surface area contributed by atoms with Crippen molar-refractivity contribution in [2.24, 2.45) is 0 Å². The number of halogens is 2. The number of anilines is 1. The molecule has 0 aliphatic heterocycles. The van der Waals surface area contributed by atoms with Gasteiger partial charge in [0.05, 0.1) is 28.3 Å². The molecule has 2 rings (SSSR count). The standard InChI is InChI=1S/C16H21Cl2N3/c1-4-13-16(18)15(21(5-2)20-13)10-19-14-9-7-6-8-12(14)11(3)17/h6-9,11,19H,4-5,10H2,1-3H3. The van der Waals surface area contributed by atoms with E-state index in [-0.39, 0.29) is 5.38 Å². The summed E-state index contributed by atoms with van der Waals surface area (Å²) in [7, 11) is 0. The third-order valence-corrected chi connectivity index (χ3v) is 4.20. The first-order valence-corrected chi connectivity index (χ1v) is 8.10. The molecule has 0 amide bonds. The molecule has 1 atom stereocenters. The maximum Gasteiger partial charge on any atom is 0.0868 e. The third-order valence-electron chi connectivity index (χ3n) is 3.53. The lowest BCUT2D eigenvalue weighted by atomic mass is 10.1. The molecule has 0 radical (unpaired) electrons. The quantitative estimate of drug-likeness (QED) is 0.755. The first kappa shape index (κ1) is 16.2. The van der Waals surface area contributed by atoms with Crippen LogP contribution in [-0.4, -0.2) is 9.78 Å². The lowest BCUT2D eigenvalue weighted by molar-refractivity contribution is 0.619. The molecule has 1 aromatic heterocycles. The fourth-order valence-corrected chi connectivity index (χ4v) is 2.90. The zero-order chi connectivity index (χ0) is 15.4. The Morgan fingerprint density at radius 3 is 2.62 bits per heavy atom. The van der Waals surface area contributed by atoms with E-state index in [2.05, 4.69) is 24.3 Å². The van der Waals surface area contributed by atoms with Gasteiger partial charge in [-0.25, -0.2) is 0 Å². The fraction of sp³-hybridized carbons (Fsp3) is 0.438. The van der Waals surface area contributed by atoms with E-state index in [1.807, 2.05) is 35.9 Å². The molecule has 1 unspecified atom stereocenters. The van der Waals surface area contributed by atoms with E-state index in [0.717, 1.165) is 40.6 Å². The molecule has 0 bridgehead atoms. The fourth-order valence-electron chi connectivity index (χ4n) is 2.37. The summed E-state index contributed by atoms with van der Waals surface area (Å²) < 4.78 is 1.96. The Morgan fingerprint density at radius 2 is 2.00 bits per heavy atom. The van der Waals surface area contributed by atoms with Crippen molar-refractivity contribution >= 4 is 28.9 Å². The van der Waals surface area contributed by atoms with Crippen LogP contribution in [0.2, 0.25) is 5.02 Å². The lowest BCUT2D eigenvalue weighted by Gasteiger charge is -2.14. The Bertz CT molecular complexity index is 606. The van der Waals surface area contributed by atoms with Crippen LogP contribution in [0.3, 0.4) is 0 Å². The zero-order valence-corrected chi connectivity index (χ0v) is 14.2. The molecular weight excluding hydrogens is 305 g/mol. The SMILES string of the molecule is CCc1nn(CC)c(CNc2ccccc2C(C)Cl)c1Cl. The Labute approximate surface area is 136 Å². The summed E-state index contributed by atoms with van der Waals surface area (Å²) in [4.78, 5) is 0. The molecule has 5 heteroatoms. The molecule has 0 saturated heterocycles. The zero-order valence-electron chi connectivity index (χ0n) is 12.7. The van der Waals surface area contributed by atoms with Crippen molar-refractivity contribution in [3.05, 3.63) is 46.2 Å². The van der Waals surface area contributed by atoms with Gasteiger partial charge >= 0.3 is 0 Å². The molecule has 3 nitrogen and oxygen atoms in total. The van der Waals surface area contributed by atoms with Crippen molar-refractivity contribution in [3.63, 3.8) is 0 Å². The van der Waals surface area contributed by atoms with Gasteiger partial charge in [-0.3, -0.25) is 4.68 Å². The first-order chi connectivity index (χ1) is 10.1. The Kier molecular flexibility index (Phi) is 5.54. The number of hydrogen-bond acceptors (Lipinski definition) is 2. The van der Waals surface area contributed by atoms with Gasteiger partial charge in [0, 0.05) is 12.2 Å². The van der Waals surface area contributed by atoms with E-state index in [0.29, 0.717) is 6.54 Å². The number of alkyl halides is 1. The van der Waals surface area contributed by atoms with Crippen molar-refractivity contribution in [1.29, 1.82) is 0 Å². The van der Waals surface area contributed by atoms with Gasteiger partial charge in [0.25, 0.3) is 0 Å². The normalized spacial score (nSPS) is 12.4. The predicted octanol–water partition coefficient (Wildman–Crippen LogP) is 5.03. The Balaban J connectivity index is 2.23. The van der Waals surface area contributed by atoms with Gasteiger partial charge in [0.1, 0.15) is 0 Å². The van der Waals surface area contributed by atoms with Crippen LogP contribution in [0.1, 0.15) is 43.1 Å². The molecule has 2 aromatic rings. The van der Waals surface area contributed by atoms with Crippen LogP contribution in [-0.2, 0) is 19.5 Å². The maximum atomic E-state index is 6.43. The van der Waals surface area contributed by atoms with Crippen LogP contribution in [0.4, 0.5) is 5.69 Å². The first-order valence-electron chi connectivity index (χ1n) is 7.29. The third kappa shape index (κ3) is 3.53. The van der Waals surface area contributed by atoms with E-state index in [1.165, 1.54) is 0 Å². The van der Waals surface area contributed by atoms with E-state index >= 15 is 0 Å². The average Bonchev–Trinajstić information content (AvgIpc) is 2.80. The largest absolute Gasteiger partial charge is 0.379 e. The highest BCUT2D eigenvalue weighted by atomic mass is 35.5. The molecular formula is C16H21Cl2N3.